The van der Waals surface area contributed by atoms with Crippen LogP contribution in [0.25, 0.3) is 0 Å². The van der Waals surface area contributed by atoms with Gasteiger partial charge in [0.1, 0.15) is 11.7 Å². The minimum absolute atomic E-state index is 0.121. The predicted molar refractivity (Wildman–Crippen MR) is 44.9 cm³/mol. The van der Waals surface area contributed by atoms with Crippen LogP contribution in [0, 0.1) is 11.8 Å². The van der Waals surface area contributed by atoms with Gasteiger partial charge in [-0.15, -0.1) is 0 Å². The fourth-order valence-corrected chi connectivity index (χ4v) is 2.75. The summed E-state index contributed by atoms with van der Waals surface area (Å²) in [5.41, 5.74) is 0.121. The molecule has 3 rings (SSSR count). The average Bonchev–Trinajstić information content (AvgIpc) is 2.74. The van der Waals surface area contributed by atoms with Crippen LogP contribution in [0.15, 0.2) is 0 Å². The molecule has 12 heavy (non-hydrogen) atoms. The number of hydrogen-bond acceptors (Lipinski definition) is 2. The first kappa shape index (κ1) is 7.34. The van der Waals surface area contributed by atoms with E-state index in [1.807, 2.05) is 0 Å². The molecule has 0 bridgehead atoms. The standard InChI is InChI=1S/C10H16O2/c1-5(2)6-4-7-10(3,12-7)9-8(6)11-9/h5-9H,4H2,1-3H3/t6-,7+,8-,9-,10+/m1/s1. The maximum absolute atomic E-state index is 5.68. The van der Waals surface area contributed by atoms with E-state index in [1.54, 1.807) is 0 Å². The van der Waals surface area contributed by atoms with Crippen molar-refractivity contribution in [2.45, 2.75) is 51.1 Å². The highest BCUT2D eigenvalue weighted by molar-refractivity contribution is 5.19. The van der Waals surface area contributed by atoms with Crippen LogP contribution < -0.4 is 0 Å². The van der Waals surface area contributed by atoms with Gasteiger partial charge in [0.2, 0.25) is 0 Å². The lowest BCUT2D eigenvalue weighted by atomic mass is 9.78. The van der Waals surface area contributed by atoms with Crippen molar-refractivity contribution < 1.29 is 9.47 Å². The average molecular weight is 168 g/mol. The molecule has 2 nitrogen and oxygen atoms in total. The van der Waals surface area contributed by atoms with E-state index in [1.165, 1.54) is 6.42 Å². The molecule has 68 valence electrons. The Labute approximate surface area is 73.2 Å². The van der Waals surface area contributed by atoms with Crippen molar-refractivity contribution in [1.29, 1.82) is 0 Å². The second-order valence-corrected chi connectivity index (χ2v) is 4.96. The number of rotatable bonds is 1. The van der Waals surface area contributed by atoms with E-state index in [9.17, 15) is 0 Å². The molecular formula is C10H16O2. The van der Waals surface area contributed by atoms with E-state index >= 15 is 0 Å². The topological polar surface area (TPSA) is 25.1 Å². The van der Waals surface area contributed by atoms with Crippen molar-refractivity contribution in [3.8, 4) is 0 Å². The van der Waals surface area contributed by atoms with Gasteiger partial charge in [0.05, 0.1) is 12.2 Å². The van der Waals surface area contributed by atoms with Crippen LogP contribution in [0.1, 0.15) is 27.2 Å². The Balaban J connectivity index is 1.80. The van der Waals surface area contributed by atoms with Gasteiger partial charge in [0, 0.05) is 0 Å². The molecule has 0 aromatic rings. The Kier molecular flexibility index (Phi) is 1.15. The molecule has 3 fully saturated rings. The summed E-state index contributed by atoms with van der Waals surface area (Å²) >= 11 is 0. The molecule has 3 aliphatic rings. The predicted octanol–water partition coefficient (Wildman–Crippen LogP) is 1.59. The summed E-state index contributed by atoms with van der Waals surface area (Å²) in [4.78, 5) is 0. The van der Waals surface area contributed by atoms with Gasteiger partial charge in [-0.1, -0.05) is 13.8 Å². The molecule has 0 N–H and O–H groups in total. The van der Waals surface area contributed by atoms with Crippen LogP contribution in [-0.4, -0.2) is 23.9 Å². The maximum Gasteiger partial charge on any atom is 0.121 e. The lowest BCUT2D eigenvalue weighted by Crippen LogP contribution is -2.32. The first-order valence-corrected chi connectivity index (χ1v) is 4.96. The van der Waals surface area contributed by atoms with Gasteiger partial charge >= 0.3 is 0 Å². The summed E-state index contributed by atoms with van der Waals surface area (Å²) in [6.07, 6.45) is 2.68. The largest absolute Gasteiger partial charge is 0.366 e. The quantitative estimate of drug-likeness (QED) is 0.555. The highest BCUT2D eigenvalue weighted by Gasteiger charge is 2.72. The first-order valence-electron chi connectivity index (χ1n) is 4.96. The summed E-state index contributed by atoms with van der Waals surface area (Å²) in [5.74, 6) is 1.49. The SMILES string of the molecule is CC(C)[C@H]1C[C@@H]2O[C@]2(C)[C@@H]2O[C@H]12. The molecule has 2 heteroatoms. The van der Waals surface area contributed by atoms with Crippen LogP contribution >= 0.6 is 0 Å². The summed E-state index contributed by atoms with van der Waals surface area (Å²) in [7, 11) is 0. The van der Waals surface area contributed by atoms with Crippen molar-refractivity contribution in [1.82, 2.24) is 0 Å². The summed E-state index contributed by atoms with van der Waals surface area (Å²) in [6.45, 7) is 6.77. The van der Waals surface area contributed by atoms with Gasteiger partial charge in [-0.3, -0.25) is 0 Å². The van der Waals surface area contributed by atoms with Gasteiger partial charge in [-0.2, -0.15) is 0 Å². The van der Waals surface area contributed by atoms with Crippen molar-refractivity contribution in [3.05, 3.63) is 0 Å². The van der Waals surface area contributed by atoms with E-state index in [0.717, 1.165) is 11.8 Å². The third kappa shape index (κ3) is 0.728. The molecule has 0 aromatic carbocycles. The zero-order valence-electron chi connectivity index (χ0n) is 7.91. The molecule has 1 saturated carbocycles. The Bertz CT molecular complexity index is 226. The third-order valence-electron chi connectivity index (χ3n) is 3.83. The first-order chi connectivity index (χ1) is 5.63. The number of ether oxygens (including phenoxy) is 2. The minimum Gasteiger partial charge on any atom is -0.366 e. The number of hydrogen-bond donors (Lipinski definition) is 0. The molecular weight excluding hydrogens is 152 g/mol. The van der Waals surface area contributed by atoms with Gasteiger partial charge in [-0.25, -0.2) is 0 Å². The van der Waals surface area contributed by atoms with E-state index in [-0.39, 0.29) is 5.60 Å². The zero-order valence-corrected chi connectivity index (χ0v) is 7.91. The molecule has 5 atom stereocenters. The zero-order chi connectivity index (χ0) is 8.51. The normalized spacial score (nSPS) is 61.0. The van der Waals surface area contributed by atoms with Crippen LogP contribution in [0.2, 0.25) is 0 Å². The highest BCUT2D eigenvalue weighted by atomic mass is 16.7. The monoisotopic (exact) mass is 168 g/mol. The molecule has 0 radical (unpaired) electrons. The van der Waals surface area contributed by atoms with Crippen molar-refractivity contribution >= 4 is 0 Å². The van der Waals surface area contributed by atoms with E-state index in [2.05, 4.69) is 20.8 Å². The Morgan fingerprint density at radius 3 is 2.83 bits per heavy atom. The van der Waals surface area contributed by atoms with Crippen LogP contribution in [0.3, 0.4) is 0 Å². The maximum atomic E-state index is 5.68. The van der Waals surface area contributed by atoms with Crippen molar-refractivity contribution in [2.24, 2.45) is 11.8 Å². The molecule has 2 heterocycles. The lowest BCUT2D eigenvalue weighted by molar-refractivity contribution is 0.211. The van der Waals surface area contributed by atoms with Crippen LogP contribution in [0.4, 0.5) is 0 Å². The van der Waals surface area contributed by atoms with E-state index in [0.29, 0.717) is 18.3 Å². The van der Waals surface area contributed by atoms with Gasteiger partial charge in [0.25, 0.3) is 0 Å². The fourth-order valence-electron chi connectivity index (χ4n) is 2.75. The second-order valence-electron chi connectivity index (χ2n) is 4.96. The Morgan fingerprint density at radius 1 is 1.42 bits per heavy atom. The molecule has 1 aliphatic carbocycles. The van der Waals surface area contributed by atoms with E-state index in [4.69, 9.17) is 9.47 Å². The van der Waals surface area contributed by atoms with Gasteiger partial charge in [0.15, 0.2) is 0 Å². The fraction of sp³-hybridized carbons (Fsp3) is 1.00. The molecule has 0 spiro atoms. The van der Waals surface area contributed by atoms with E-state index < -0.39 is 0 Å². The molecule has 0 unspecified atom stereocenters. The molecule has 2 aliphatic heterocycles. The molecule has 2 saturated heterocycles. The number of fused-ring (bicyclic) bond motifs is 3. The highest BCUT2D eigenvalue weighted by Crippen LogP contribution is 2.59. The molecule has 0 aromatic heterocycles. The summed E-state index contributed by atoms with van der Waals surface area (Å²) in [5, 5.41) is 0. The van der Waals surface area contributed by atoms with Gasteiger partial charge in [-0.05, 0) is 25.2 Å². The second kappa shape index (κ2) is 1.88. The molecule has 0 amide bonds. The summed E-state index contributed by atoms with van der Waals surface area (Å²) in [6, 6.07) is 0. The smallest absolute Gasteiger partial charge is 0.121 e. The minimum atomic E-state index is 0.121. The Morgan fingerprint density at radius 2 is 2.17 bits per heavy atom. The van der Waals surface area contributed by atoms with Crippen molar-refractivity contribution in [2.75, 3.05) is 0 Å². The van der Waals surface area contributed by atoms with Crippen molar-refractivity contribution in [3.63, 3.8) is 0 Å². The Hall–Kier alpha value is -0.0800. The van der Waals surface area contributed by atoms with Gasteiger partial charge < -0.3 is 9.47 Å². The summed E-state index contributed by atoms with van der Waals surface area (Å²) < 4.78 is 11.4. The van der Waals surface area contributed by atoms with Crippen LogP contribution in [-0.2, 0) is 9.47 Å². The number of epoxide rings is 2. The lowest BCUT2D eigenvalue weighted by Gasteiger charge is -2.21. The van der Waals surface area contributed by atoms with Crippen LogP contribution in [0.5, 0.6) is 0 Å². The third-order valence-corrected chi connectivity index (χ3v) is 3.83.